The van der Waals surface area contributed by atoms with E-state index in [1.54, 1.807) is 4.90 Å². The number of ether oxygens (including phenoxy) is 1. The van der Waals surface area contributed by atoms with Crippen LogP contribution in [0.5, 0.6) is 0 Å². The molecule has 0 aliphatic carbocycles. The van der Waals surface area contributed by atoms with Crippen LogP contribution in [0.25, 0.3) is 0 Å². The Labute approximate surface area is 72.1 Å². The maximum Gasteiger partial charge on any atom is 0.248 e. The molecule has 1 saturated heterocycles. The van der Waals surface area contributed by atoms with Crippen molar-refractivity contribution in [3.8, 4) is 0 Å². The summed E-state index contributed by atoms with van der Waals surface area (Å²) < 4.78 is 4.72. The maximum atomic E-state index is 11.2. The minimum atomic E-state index is -0.348. The highest BCUT2D eigenvalue weighted by Gasteiger charge is 2.21. The molecule has 1 unspecified atom stereocenters. The smallest absolute Gasteiger partial charge is 0.248 e. The van der Waals surface area contributed by atoms with Gasteiger partial charge in [-0.3, -0.25) is 4.79 Å². The van der Waals surface area contributed by atoms with Crippen LogP contribution in [0, 0.1) is 0 Å². The fourth-order valence-electron chi connectivity index (χ4n) is 1.40. The van der Waals surface area contributed by atoms with Gasteiger partial charge in [-0.2, -0.15) is 0 Å². The van der Waals surface area contributed by atoms with Crippen LogP contribution in [0.3, 0.4) is 0 Å². The fourth-order valence-corrected chi connectivity index (χ4v) is 1.40. The van der Waals surface area contributed by atoms with E-state index >= 15 is 0 Å². The standard InChI is InChI=1S/C8H15NO3/c1-12-6-8(11)9-4-2-3-7(10)5-9/h7,10H,2-6H2,1H3. The SMILES string of the molecule is COCC(=O)N1CCCC(O)C1. The molecule has 1 N–H and O–H groups in total. The largest absolute Gasteiger partial charge is 0.391 e. The average molecular weight is 173 g/mol. The molecule has 1 fully saturated rings. The van der Waals surface area contributed by atoms with Gasteiger partial charge in [-0.1, -0.05) is 0 Å². The molecule has 0 aromatic carbocycles. The van der Waals surface area contributed by atoms with Crippen molar-refractivity contribution in [2.24, 2.45) is 0 Å². The van der Waals surface area contributed by atoms with E-state index in [1.165, 1.54) is 7.11 Å². The lowest BCUT2D eigenvalue weighted by molar-refractivity contribution is -0.138. The Morgan fingerprint density at radius 1 is 1.75 bits per heavy atom. The molecular weight excluding hydrogens is 158 g/mol. The lowest BCUT2D eigenvalue weighted by Crippen LogP contribution is -2.43. The second-order valence-corrected chi connectivity index (χ2v) is 3.07. The number of piperidine rings is 1. The first-order chi connectivity index (χ1) is 5.74. The summed E-state index contributed by atoms with van der Waals surface area (Å²) in [5, 5.41) is 9.26. The van der Waals surface area contributed by atoms with Crippen molar-refractivity contribution < 1.29 is 14.6 Å². The number of hydrogen-bond acceptors (Lipinski definition) is 3. The molecule has 1 atom stereocenters. The van der Waals surface area contributed by atoms with E-state index < -0.39 is 0 Å². The van der Waals surface area contributed by atoms with E-state index in [0.29, 0.717) is 6.54 Å². The zero-order valence-corrected chi connectivity index (χ0v) is 7.32. The molecule has 4 heteroatoms. The number of rotatable bonds is 2. The van der Waals surface area contributed by atoms with E-state index in [1.807, 2.05) is 0 Å². The van der Waals surface area contributed by atoms with Gasteiger partial charge in [-0.15, -0.1) is 0 Å². The Bertz CT molecular complexity index is 160. The summed E-state index contributed by atoms with van der Waals surface area (Å²) in [6.45, 7) is 1.33. The molecule has 1 heterocycles. The Kier molecular flexibility index (Phi) is 3.49. The van der Waals surface area contributed by atoms with E-state index in [4.69, 9.17) is 4.74 Å². The first-order valence-electron chi connectivity index (χ1n) is 4.19. The Balaban J connectivity index is 2.35. The number of amides is 1. The summed E-state index contributed by atoms with van der Waals surface area (Å²) in [7, 11) is 1.50. The molecule has 0 bridgehead atoms. The summed E-state index contributed by atoms with van der Waals surface area (Å²) in [5.74, 6) is -0.0312. The molecule has 0 radical (unpaired) electrons. The highest BCUT2D eigenvalue weighted by atomic mass is 16.5. The molecule has 4 nitrogen and oxygen atoms in total. The van der Waals surface area contributed by atoms with Crippen LogP contribution in [-0.2, 0) is 9.53 Å². The van der Waals surface area contributed by atoms with Crippen LogP contribution in [0.1, 0.15) is 12.8 Å². The van der Waals surface area contributed by atoms with Crippen molar-refractivity contribution in [1.29, 1.82) is 0 Å². The van der Waals surface area contributed by atoms with Gasteiger partial charge in [-0.05, 0) is 12.8 Å². The van der Waals surface area contributed by atoms with Crippen LogP contribution in [-0.4, -0.2) is 48.8 Å². The van der Waals surface area contributed by atoms with Crippen LogP contribution in [0.4, 0.5) is 0 Å². The average Bonchev–Trinajstić information content (AvgIpc) is 2.05. The number of aliphatic hydroxyl groups is 1. The second-order valence-electron chi connectivity index (χ2n) is 3.07. The van der Waals surface area contributed by atoms with E-state index in [-0.39, 0.29) is 18.6 Å². The van der Waals surface area contributed by atoms with Crippen molar-refractivity contribution in [2.45, 2.75) is 18.9 Å². The molecule has 12 heavy (non-hydrogen) atoms. The molecular formula is C8H15NO3. The Morgan fingerprint density at radius 3 is 3.08 bits per heavy atom. The molecule has 0 aromatic heterocycles. The van der Waals surface area contributed by atoms with Gasteiger partial charge in [0.05, 0.1) is 6.10 Å². The third-order valence-electron chi connectivity index (χ3n) is 2.02. The minimum Gasteiger partial charge on any atom is -0.391 e. The number of likely N-dealkylation sites (tertiary alicyclic amines) is 1. The van der Waals surface area contributed by atoms with Gasteiger partial charge in [-0.25, -0.2) is 0 Å². The van der Waals surface area contributed by atoms with Crippen molar-refractivity contribution >= 4 is 5.91 Å². The summed E-state index contributed by atoms with van der Waals surface area (Å²) in [4.78, 5) is 12.9. The molecule has 1 aliphatic rings. The van der Waals surface area contributed by atoms with Gasteiger partial charge in [0.25, 0.3) is 0 Å². The summed E-state index contributed by atoms with van der Waals surface area (Å²) in [5.41, 5.74) is 0. The van der Waals surface area contributed by atoms with Crippen molar-refractivity contribution in [3.05, 3.63) is 0 Å². The van der Waals surface area contributed by atoms with Crippen LogP contribution in [0.15, 0.2) is 0 Å². The topological polar surface area (TPSA) is 49.8 Å². The predicted molar refractivity (Wildman–Crippen MR) is 43.7 cm³/mol. The van der Waals surface area contributed by atoms with E-state index in [9.17, 15) is 9.90 Å². The van der Waals surface area contributed by atoms with Crippen molar-refractivity contribution in [2.75, 3.05) is 26.8 Å². The third-order valence-corrected chi connectivity index (χ3v) is 2.02. The number of hydrogen-bond donors (Lipinski definition) is 1. The zero-order valence-electron chi connectivity index (χ0n) is 7.32. The van der Waals surface area contributed by atoms with Gasteiger partial charge in [0, 0.05) is 20.2 Å². The van der Waals surface area contributed by atoms with Crippen LogP contribution in [0.2, 0.25) is 0 Å². The van der Waals surface area contributed by atoms with Crippen LogP contribution < -0.4 is 0 Å². The number of carbonyl (C=O) groups is 1. The number of nitrogens with zero attached hydrogens (tertiary/aromatic N) is 1. The number of carbonyl (C=O) groups excluding carboxylic acids is 1. The molecule has 0 spiro atoms. The zero-order chi connectivity index (χ0) is 8.97. The summed E-state index contributed by atoms with van der Waals surface area (Å²) in [6, 6.07) is 0. The quantitative estimate of drug-likeness (QED) is 0.619. The molecule has 1 rings (SSSR count). The number of methoxy groups -OCH3 is 1. The fraction of sp³-hybridized carbons (Fsp3) is 0.875. The minimum absolute atomic E-state index is 0.0312. The number of β-amino-alcohol motifs (C(OH)–C–C–N with tert-alkyl or cyclic N) is 1. The first kappa shape index (κ1) is 9.48. The summed E-state index contributed by atoms with van der Waals surface area (Å²) in [6.07, 6.45) is 1.34. The molecule has 70 valence electrons. The highest BCUT2D eigenvalue weighted by molar-refractivity contribution is 5.77. The van der Waals surface area contributed by atoms with Gasteiger partial charge in [0.15, 0.2) is 0 Å². The predicted octanol–water partition coefficient (Wildman–Crippen LogP) is -0.384. The lowest BCUT2D eigenvalue weighted by Gasteiger charge is -2.29. The normalized spacial score (nSPS) is 24.2. The Hall–Kier alpha value is -0.610. The highest BCUT2D eigenvalue weighted by Crippen LogP contribution is 2.09. The van der Waals surface area contributed by atoms with Gasteiger partial charge in [0.1, 0.15) is 6.61 Å². The van der Waals surface area contributed by atoms with E-state index in [0.717, 1.165) is 19.4 Å². The molecule has 1 aliphatic heterocycles. The van der Waals surface area contributed by atoms with Gasteiger partial charge < -0.3 is 14.7 Å². The van der Waals surface area contributed by atoms with E-state index in [2.05, 4.69) is 0 Å². The molecule has 1 amide bonds. The van der Waals surface area contributed by atoms with Crippen molar-refractivity contribution in [3.63, 3.8) is 0 Å². The molecule has 0 aromatic rings. The molecule has 0 saturated carbocycles. The first-order valence-corrected chi connectivity index (χ1v) is 4.19. The van der Waals surface area contributed by atoms with Gasteiger partial charge in [0.2, 0.25) is 5.91 Å². The lowest BCUT2D eigenvalue weighted by atomic mass is 10.1. The second kappa shape index (κ2) is 4.42. The Morgan fingerprint density at radius 2 is 2.50 bits per heavy atom. The monoisotopic (exact) mass is 173 g/mol. The summed E-state index contributed by atoms with van der Waals surface area (Å²) >= 11 is 0. The van der Waals surface area contributed by atoms with Crippen LogP contribution >= 0.6 is 0 Å². The van der Waals surface area contributed by atoms with Crippen molar-refractivity contribution in [1.82, 2.24) is 4.90 Å². The van der Waals surface area contributed by atoms with Gasteiger partial charge >= 0.3 is 0 Å². The maximum absolute atomic E-state index is 11.2. The number of aliphatic hydroxyl groups excluding tert-OH is 1. The third kappa shape index (κ3) is 2.46.